The quantitative estimate of drug-likeness (QED) is 0.556. The fraction of sp³-hybridized carbons (Fsp3) is 0.517. The zero-order valence-electron chi connectivity index (χ0n) is 21.7. The Morgan fingerprint density at radius 1 is 1.19 bits per heavy atom. The van der Waals surface area contributed by atoms with Crippen LogP contribution in [0, 0.1) is 5.92 Å². The Balaban J connectivity index is 1.38. The Bertz CT molecular complexity index is 1280. The lowest BCUT2D eigenvalue weighted by Crippen LogP contribution is -2.67. The lowest BCUT2D eigenvalue weighted by molar-refractivity contribution is -0.138. The average molecular weight is 505 g/mol. The number of aryl methyl sites for hydroxylation is 1. The van der Waals surface area contributed by atoms with Gasteiger partial charge in [0.2, 0.25) is 5.91 Å². The molecule has 1 atom stereocenters. The van der Waals surface area contributed by atoms with E-state index >= 15 is 0 Å². The van der Waals surface area contributed by atoms with Gasteiger partial charge in [0.15, 0.2) is 0 Å². The summed E-state index contributed by atoms with van der Waals surface area (Å²) in [6.07, 6.45) is 4.18. The SMILES string of the molecule is COc1ccc2c3c(n(C)c2c1)[C@H](CO)N(C(=O)Cc1ccccn1)CC31CN(CC2CCOCC2)C1. The number of nitrogens with zero attached hydrogens (tertiary/aromatic N) is 4. The molecule has 196 valence electrons. The van der Waals surface area contributed by atoms with Gasteiger partial charge in [0.05, 0.1) is 31.7 Å². The zero-order chi connectivity index (χ0) is 25.6. The normalized spacial score (nSPS) is 21.7. The van der Waals surface area contributed by atoms with E-state index in [1.165, 1.54) is 10.9 Å². The van der Waals surface area contributed by atoms with Crippen molar-refractivity contribution < 1.29 is 19.4 Å². The van der Waals surface area contributed by atoms with Gasteiger partial charge in [-0.25, -0.2) is 0 Å². The van der Waals surface area contributed by atoms with E-state index in [1.807, 2.05) is 36.2 Å². The van der Waals surface area contributed by atoms with Crippen molar-refractivity contribution in [2.45, 2.75) is 30.7 Å². The number of amides is 1. The van der Waals surface area contributed by atoms with Crippen LogP contribution in [0.5, 0.6) is 5.75 Å². The second-order valence-corrected chi connectivity index (χ2v) is 10.9. The minimum absolute atomic E-state index is 0.00786. The third-order valence-electron chi connectivity index (χ3n) is 8.61. The largest absolute Gasteiger partial charge is 0.497 e. The third kappa shape index (κ3) is 4.21. The van der Waals surface area contributed by atoms with Gasteiger partial charge in [-0.15, -0.1) is 0 Å². The fourth-order valence-electron chi connectivity index (χ4n) is 6.87. The van der Waals surface area contributed by atoms with Crippen LogP contribution in [0.15, 0.2) is 42.6 Å². The smallest absolute Gasteiger partial charge is 0.229 e. The van der Waals surface area contributed by atoms with Crippen LogP contribution in [-0.4, -0.2) is 83.5 Å². The number of carbonyl (C=O) groups is 1. The van der Waals surface area contributed by atoms with Crippen LogP contribution in [0.2, 0.25) is 0 Å². The number of ether oxygens (including phenoxy) is 2. The third-order valence-corrected chi connectivity index (χ3v) is 8.61. The first-order chi connectivity index (χ1) is 18.0. The number of benzene rings is 1. The number of aromatic nitrogens is 2. The molecule has 2 fully saturated rings. The molecule has 3 aromatic rings. The molecular weight excluding hydrogens is 468 g/mol. The minimum Gasteiger partial charge on any atom is -0.497 e. The zero-order valence-corrected chi connectivity index (χ0v) is 21.7. The predicted molar refractivity (Wildman–Crippen MR) is 141 cm³/mol. The van der Waals surface area contributed by atoms with Crippen molar-refractivity contribution in [2.75, 3.05) is 53.1 Å². The molecule has 0 bridgehead atoms. The molecule has 0 aliphatic carbocycles. The van der Waals surface area contributed by atoms with Gasteiger partial charge in [-0.2, -0.15) is 0 Å². The van der Waals surface area contributed by atoms with E-state index in [1.54, 1.807) is 13.3 Å². The number of likely N-dealkylation sites (tertiary alicyclic amines) is 1. The number of fused-ring (bicyclic) bond motifs is 4. The van der Waals surface area contributed by atoms with E-state index in [0.29, 0.717) is 12.5 Å². The first-order valence-corrected chi connectivity index (χ1v) is 13.3. The first kappa shape index (κ1) is 24.4. The molecule has 37 heavy (non-hydrogen) atoms. The lowest BCUT2D eigenvalue weighted by Gasteiger charge is -2.57. The summed E-state index contributed by atoms with van der Waals surface area (Å²) in [7, 11) is 3.72. The number of hydrogen-bond acceptors (Lipinski definition) is 6. The molecule has 8 nitrogen and oxygen atoms in total. The number of pyridine rings is 1. The molecule has 0 radical (unpaired) electrons. The van der Waals surface area contributed by atoms with Gasteiger partial charge in [0.1, 0.15) is 5.75 Å². The molecule has 1 N–H and O–H groups in total. The Kier molecular flexibility index (Phi) is 6.42. The van der Waals surface area contributed by atoms with Crippen molar-refractivity contribution >= 4 is 16.8 Å². The van der Waals surface area contributed by atoms with Crippen molar-refractivity contribution in [2.24, 2.45) is 13.0 Å². The van der Waals surface area contributed by atoms with Gasteiger partial charge in [0, 0.05) is 80.9 Å². The summed E-state index contributed by atoms with van der Waals surface area (Å²) in [5.74, 6) is 1.48. The van der Waals surface area contributed by atoms with Crippen LogP contribution >= 0.6 is 0 Å². The van der Waals surface area contributed by atoms with E-state index in [2.05, 4.69) is 26.6 Å². The maximum atomic E-state index is 13.7. The van der Waals surface area contributed by atoms with Gasteiger partial charge < -0.3 is 28.9 Å². The van der Waals surface area contributed by atoms with Crippen LogP contribution in [0.3, 0.4) is 0 Å². The molecular formula is C29H36N4O4. The fourth-order valence-corrected chi connectivity index (χ4v) is 6.87. The van der Waals surface area contributed by atoms with E-state index in [-0.39, 0.29) is 24.3 Å². The molecule has 8 heteroatoms. The predicted octanol–water partition coefficient (Wildman–Crippen LogP) is 2.68. The second kappa shape index (κ2) is 9.74. The molecule has 5 heterocycles. The Morgan fingerprint density at radius 3 is 2.70 bits per heavy atom. The van der Waals surface area contributed by atoms with E-state index in [9.17, 15) is 9.90 Å². The topological polar surface area (TPSA) is 80.1 Å². The van der Waals surface area contributed by atoms with Crippen LogP contribution in [-0.2, 0) is 28.4 Å². The maximum Gasteiger partial charge on any atom is 0.229 e. The summed E-state index contributed by atoms with van der Waals surface area (Å²) in [5, 5.41) is 11.8. The summed E-state index contributed by atoms with van der Waals surface area (Å²) in [6.45, 7) is 5.09. The standard InChI is InChI=1S/C29H36N4O4/c1-31-24-14-22(36-2)6-7-23(24)27-28(31)25(16-34)33(26(35)13-21-5-3-4-10-30-21)19-29(27)17-32(18-29)15-20-8-11-37-12-9-20/h3-7,10,14,20,25,34H,8-9,11-13,15-19H2,1-2H3/t25-/m0/s1. The van der Waals surface area contributed by atoms with Crippen molar-refractivity contribution in [3.63, 3.8) is 0 Å². The van der Waals surface area contributed by atoms with Gasteiger partial charge in [-0.05, 0) is 48.6 Å². The first-order valence-electron chi connectivity index (χ1n) is 13.3. The monoisotopic (exact) mass is 504 g/mol. The Morgan fingerprint density at radius 2 is 2.00 bits per heavy atom. The van der Waals surface area contributed by atoms with E-state index in [4.69, 9.17) is 9.47 Å². The molecule has 1 aromatic carbocycles. The molecule has 1 amide bonds. The summed E-state index contributed by atoms with van der Waals surface area (Å²) < 4.78 is 13.3. The second-order valence-electron chi connectivity index (χ2n) is 10.9. The van der Waals surface area contributed by atoms with Gasteiger partial charge in [-0.3, -0.25) is 9.78 Å². The highest BCUT2D eigenvalue weighted by atomic mass is 16.5. The van der Waals surface area contributed by atoms with Gasteiger partial charge in [-0.1, -0.05) is 6.07 Å². The number of methoxy groups -OCH3 is 1. The summed E-state index contributed by atoms with van der Waals surface area (Å²) >= 11 is 0. The highest BCUT2D eigenvalue weighted by Gasteiger charge is 2.54. The minimum atomic E-state index is -0.398. The summed E-state index contributed by atoms with van der Waals surface area (Å²) in [4.78, 5) is 22.6. The van der Waals surface area contributed by atoms with Crippen molar-refractivity contribution in [3.05, 3.63) is 59.5 Å². The molecule has 0 unspecified atom stereocenters. The van der Waals surface area contributed by atoms with Crippen molar-refractivity contribution in [3.8, 4) is 5.75 Å². The molecule has 0 saturated carbocycles. The Hall–Kier alpha value is -2.94. The van der Waals surface area contributed by atoms with Crippen LogP contribution in [0.25, 0.3) is 10.9 Å². The molecule has 3 aliphatic rings. The highest BCUT2D eigenvalue weighted by Crippen LogP contribution is 2.50. The summed E-state index contributed by atoms with van der Waals surface area (Å²) in [6, 6.07) is 11.5. The number of aliphatic hydroxyl groups is 1. The van der Waals surface area contributed by atoms with E-state index in [0.717, 1.165) is 68.3 Å². The number of hydrogen-bond donors (Lipinski definition) is 1. The van der Waals surface area contributed by atoms with Crippen molar-refractivity contribution in [1.29, 1.82) is 0 Å². The summed E-state index contributed by atoms with van der Waals surface area (Å²) in [5.41, 5.74) is 3.98. The van der Waals surface area contributed by atoms with Gasteiger partial charge >= 0.3 is 0 Å². The maximum absolute atomic E-state index is 13.7. The molecule has 2 aromatic heterocycles. The van der Waals surface area contributed by atoms with Crippen molar-refractivity contribution in [1.82, 2.24) is 19.4 Å². The molecule has 1 spiro atoms. The Labute approximate surface area is 217 Å². The number of rotatable bonds is 6. The van der Waals surface area contributed by atoms with E-state index < -0.39 is 6.04 Å². The number of carbonyl (C=O) groups excluding carboxylic acids is 1. The highest BCUT2D eigenvalue weighted by molar-refractivity contribution is 5.90. The average Bonchev–Trinajstić information content (AvgIpc) is 3.21. The molecule has 6 rings (SSSR count). The number of aliphatic hydroxyl groups excluding tert-OH is 1. The van der Waals surface area contributed by atoms with Crippen LogP contribution in [0.1, 0.15) is 35.8 Å². The molecule has 2 saturated heterocycles. The van der Waals surface area contributed by atoms with Crippen LogP contribution < -0.4 is 4.74 Å². The van der Waals surface area contributed by atoms with Gasteiger partial charge in [0.25, 0.3) is 0 Å². The lowest BCUT2D eigenvalue weighted by atomic mass is 9.68. The van der Waals surface area contributed by atoms with Crippen LogP contribution in [0.4, 0.5) is 0 Å². The molecule has 3 aliphatic heterocycles.